The van der Waals surface area contributed by atoms with Gasteiger partial charge in [-0.05, 0) is 55.2 Å². The van der Waals surface area contributed by atoms with Gasteiger partial charge in [0.15, 0.2) is 0 Å². The number of anilines is 1. The van der Waals surface area contributed by atoms with Crippen LogP contribution in [0.3, 0.4) is 0 Å². The smallest absolute Gasteiger partial charge is 0.339 e. The first-order valence-electron chi connectivity index (χ1n) is 12.3. The average molecular weight is 491 g/mol. The monoisotopic (exact) mass is 490 g/mol. The SMILES string of the molecule is CCOC(=O)c1ccc(N2CCCN(C(=O)NC(Cc3ccc(F)cc3)c3ccccc3)CC2)nc1. The second-order valence-corrected chi connectivity index (χ2v) is 8.70. The van der Waals surface area contributed by atoms with Crippen molar-refractivity contribution in [1.82, 2.24) is 15.2 Å². The Kier molecular flexibility index (Phi) is 8.49. The summed E-state index contributed by atoms with van der Waals surface area (Å²) in [6.07, 6.45) is 2.89. The summed E-state index contributed by atoms with van der Waals surface area (Å²) in [5.41, 5.74) is 2.37. The highest BCUT2D eigenvalue weighted by atomic mass is 19.1. The summed E-state index contributed by atoms with van der Waals surface area (Å²) in [5, 5.41) is 3.19. The molecule has 8 heteroatoms. The number of benzene rings is 2. The van der Waals surface area contributed by atoms with E-state index in [0.29, 0.717) is 38.2 Å². The van der Waals surface area contributed by atoms with Crippen molar-refractivity contribution in [3.8, 4) is 0 Å². The number of ether oxygens (including phenoxy) is 1. The summed E-state index contributed by atoms with van der Waals surface area (Å²) in [7, 11) is 0. The van der Waals surface area contributed by atoms with Crippen LogP contribution in [0.4, 0.5) is 15.0 Å². The molecule has 1 aliphatic rings. The van der Waals surface area contributed by atoms with Gasteiger partial charge >= 0.3 is 12.0 Å². The summed E-state index contributed by atoms with van der Waals surface area (Å²) in [5.74, 6) is 0.103. The number of amides is 2. The Morgan fingerprint density at radius 2 is 1.78 bits per heavy atom. The van der Waals surface area contributed by atoms with Gasteiger partial charge in [0, 0.05) is 32.4 Å². The third-order valence-electron chi connectivity index (χ3n) is 6.22. The van der Waals surface area contributed by atoms with Crippen LogP contribution in [0.25, 0.3) is 0 Å². The minimum Gasteiger partial charge on any atom is -0.462 e. The first kappa shape index (κ1) is 25.2. The third-order valence-corrected chi connectivity index (χ3v) is 6.22. The summed E-state index contributed by atoms with van der Waals surface area (Å²) >= 11 is 0. The number of aromatic nitrogens is 1. The highest BCUT2D eigenvalue weighted by Crippen LogP contribution is 2.20. The fourth-order valence-electron chi connectivity index (χ4n) is 4.29. The number of halogens is 1. The number of carbonyl (C=O) groups is 2. The topological polar surface area (TPSA) is 74.8 Å². The summed E-state index contributed by atoms with van der Waals surface area (Å²) < 4.78 is 18.4. The minimum atomic E-state index is -0.385. The third kappa shape index (κ3) is 6.59. The average Bonchev–Trinajstić information content (AvgIpc) is 3.17. The van der Waals surface area contributed by atoms with Crippen LogP contribution in [0.5, 0.6) is 0 Å². The quantitative estimate of drug-likeness (QED) is 0.490. The number of nitrogens with one attached hydrogen (secondary N) is 1. The van der Waals surface area contributed by atoms with E-state index in [1.165, 1.54) is 18.3 Å². The number of hydrogen-bond acceptors (Lipinski definition) is 5. The van der Waals surface area contributed by atoms with Crippen molar-refractivity contribution in [1.29, 1.82) is 0 Å². The summed E-state index contributed by atoms with van der Waals surface area (Å²) in [6.45, 7) is 4.65. The molecular weight excluding hydrogens is 459 g/mol. The molecule has 1 saturated heterocycles. The van der Waals surface area contributed by atoms with Gasteiger partial charge in [-0.1, -0.05) is 42.5 Å². The van der Waals surface area contributed by atoms with Crippen molar-refractivity contribution in [3.05, 3.63) is 95.4 Å². The molecule has 0 radical (unpaired) electrons. The minimum absolute atomic E-state index is 0.126. The number of rotatable bonds is 7. The van der Waals surface area contributed by atoms with E-state index in [1.807, 2.05) is 41.3 Å². The molecule has 0 aliphatic carbocycles. The molecule has 1 fully saturated rings. The van der Waals surface area contributed by atoms with Crippen molar-refractivity contribution in [3.63, 3.8) is 0 Å². The second kappa shape index (κ2) is 12.2. The van der Waals surface area contributed by atoms with Gasteiger partial charge in [0.05, 0.1) is 18.2 Å². The normalized spacial score (nSPS) is 14.6. The fourth-order valence-corrected chi connectivity index (χ4v) is 4.29. The molecule has 7 nitrogen and oxygen atoms in total. The molecule has 0 spiro atoms. The molecule has 4 rings (SSSR count). The van der Waals surface area contributed by atoms with E-state index in [-0.39, 0.29) is 23.9 Å². The van der Waals surface area contributed by atoms with E-state index in [2.05, 4.69) is 15.2 Å². The van der Waals surface area contributed by atoms with Crippen LogP contribution in [-0.2, 0) is 11.2 Å². The van der Waals surface area contributed by atoms with Crippen LogP contribution in [-0.4, -0.2) is 54.7 Å². The van der Waals surface area contributed by atoms with Crippen LogP contribution in [0.1, 0.15) is 40.9 Å². The lowest BCUT2D eigenvalue weighted by molar-refractivity contribution is 0.0526. The predicted octanol–water partition coefficient (Wildman–Crippen LogP) is 4.60. The van der Waals surface area contributed by atoms with Gasteiger partial charge in [0.2, 0.25) is 0 Å². The standard InChI is InChI=1S/C28H31FN4O3/c1-2-36-27(34)23-11-14-26(30-20-23)32-15-6-16-33(18-17-32)28(35)31-25(22-7-4-3-5-8-22)19-21-9-12-24(29)13-10-21/h3-5,7-14,20,25H,2,6,15-19H2,1H3,(H,31,35). The van der Waals surface area contributed by atoms with Gasteiger partial charge in [0.25, 0.3) is 0 Å². The Balaban J connectivity index is 1.39. The zero-order chi connectivity index (χ0) is 25.3. The predicted molar refractivity (Wildman–Crippen MR) is 136 cm³/mol. The molecule has 2 aromatic carbocycles. The second-order valence-electron chi connectivity index (χ2n) is 8.70. The van der Waals surface area contributed by atoms with Gasteiger partial charge in [-0.25, -0.2) is 19.0 Å². The number of urea groups is 1. The molecule has 1 N–H and O–H groups in total. The summed E-state index contributed by atoms with van der Waals surface area (Å²) in [6, 6.07) is 19.4. The highest BCUT2D eigenvalue weighted by Gasteiger charge is 2.23. The lowest BCUT2D eigenvalue weighted by Gasteiger charge is -2.26. The highest BCUT2D eigenvalue weighted by molar-refractivity contribution is 5.89. The molecule has 0 saturated carbocycles. The van der Waals surface area contributed by atoms with Gasteiger partial charge in [-0.3, -0.25) is 0 Å². The number of nitrogens with zero attached hydrogens (tertiary/aromatic N) is 3. The van der Waals surface area contributed by atoms with E-state index >= 15 is 0 Å². The number of esters is 1. The van der Waals surface area contributed by atoms with Gasteiger partial charge < -0.3 is 19.9 Å². The van der Waals surface area contributed by atoms with Crippen LogP contribution in [0.15, 0.2) is 72.9 Å². The Labute approximate surface area is 210 Å². The number of pyridine rings is 1. The Hall–Kier alpha value is -3.94. The molecule has 3 aromatic rings. The van der Waals surface area contributed by atoms with Crippen LogP contribution in [0, 0.1) is 5.82 Å². The van der Waals surface area contributed by atoms with Gasteiger partial charge in [-0.2, -0.15) is 0 Å². The van der Waals surface area contributed by atoms with Crippen molar-refractivity contribution >= 4 is 17.8 Å². The van der Waals surface area contributed by atoms with Crippen molar-refractivity contribution in [2.45, 2.75) is 25.8 Å². The summed E-state index contributed by atoms with van der Waals surface area (Å²) in [4.78, 5) is 33.5. The molecule has 1 atom stereocenters. The Morgan fingerprint density at radius 3 is 2.47 bits per heavy atom. The molecular formula is C28H31FN4O3. The first-order chi connectivity index (χ1) is 17.5. The number of carbonyl (C=O) groups excluding carboxylic acids is 2. The molecule has 2 heterocycles. The van der Waals surface area contributed by atoms with E-state index in [9.17, 15) is 14.0 Å². The van der Waals surface area contributed by atoms with Crippen molar-refractivity contribution < 1.29 is 18.7 Å². The van der Waals surface area contributed by atoms with E-state index in [1.54, 1.807) is 25.1 Å². The molecule has 1 unspecified atom stereocenters. The van der Waals surface area contributed by atoms with E-state index < -0.39 is 0 Å². The van der Waals surface area contributed by atoms with Crippen LogP contribution < -0.4 is 10.2 Å². The molecule has 2 amide bonds. The van der Waals surface area contributed by atoms with E-state index in [4.69, 9.17) is 4.74 Å². The van der Waals surface area contributed by atoms with Crippen molar-refractivity contribution in [2.24, 2.45) is 0 Å². The largest absolute Gasteiger partial charge is 0.462 e. The molecule has 1 aromatic heterocycles. The Morgan fingerprint density at radius 1 is 1.00 bits per heavy atom. The van der Waals surface area contributed by atoms with Crippen molar-refractivity contribution in [2.75, 3.05) is 37.7 Å². The lowest BCUT2D eigenvalue weighted by Crippen LogP contribution is -2.44. The van der Waals surface area contributed by atoms with Crippen LogP contribution >= 0.6 is 0 Å². The maximum atomic E-state index is 13.4. The molecule has 188 valence electrons. The molecule has 1 aliphatic heterocycles. The number of hydrogen-bond donors (Lipinski definition) is 1. The fraction of sp³-hybridized carbons (Fsp3) is 0.321. The first-order valence-corrected chi connectivity index (χ1v) is 12.3. The maximum absolute atomic E-state index is 13.4. The van der Waals surface area contributed by atoms with E-state index in [0.717, 1.165) is 29.9 Å². The van der Waals surface area contributed by atoms with Gasteiger partial charge in [-0.15, -0.1) is 0 Å². The molecule has 0 bridgehead atoms. The zero-order valence-corrected chi connectivity index (χ0v) is 20.4. The zero-order valence-electron chi connectivity index (χ0n) is 20.4. The maximum Gasteiger partial charge on any atom is 0.339 e. The lowest BCUT2D eigenvalue weighted by atomic mass is 9.99. The Bertz CT molecular complexity index is 1140. The van der Waals surface area contributed by atoms with Gasteiger partial charge in [0.1, 0.15) is 11.6 Å². The molecule has 36 heavy (non-hydrogen) atoms. The van der Waals surface area contributed by atoms with Crippen LogP contribution in [0.2, 0.25) is 0 Å².